The molecule has 3 saturated heterocycles. The van der Waals surface area contributed by atoms with Crippen LogP contribution in [0.3, 0.4) is 0 Å². The van der Waals surface area contributed by atoms with E-state index in [2.05, 4.69) is 25.9 Å². The van der Waals surface area contributed by atoms with Crippen LogP contribution in [0.1, 0.15) is 30.5 Å². The van der Waals surface area contributed by atoms with Gasteiger partial charge in [0, 0.05) is 58.1 Å². The maximum absolute atomic E-state index is 12.8. The van der Waals surface area contributed by atoms with E-state index in [0.29, 0.717) is 18.4 Å². The number of aryl methyl sites for hydroxylation is 2. The summed E-state index contributed by atoms with van der Waals surface area (Å²) in [5.74, 6) is 0.866. The van der Waals surface area contributed by atoms with Crippen LogP contribution in [0, 0.1) is 5.92 Å². The smallest absolute Gasteiger partial charge is 0.222 e. The molecular weight excluding hydrogens is 326 g/mol. The van der Waals surface area contributed by atoms with Gasteiger partial charge in [-0.1, -0.05) is 6.07 Å². The standard InChI is InChI=1S/C20H27N5O/c1-23-11-16(10-22-23)6-8-20(26)25-13-17-5-7-19(15-25)24(12-17)14-18-4-2-3-9-21-18/h2-4,9-11,17,19H,5-8,12-15H2,1H3/t17-,19-/m1/s1. The molecule has 2 atom stereocenters. The first kappa shape index (κ1) is 17.2. The van der Waals surface area contributed by atoms with Crippen LogP contribution < -0.4 is 0 Å². The summed E-state index contributed by atoms with van der Waals surface area (Å²) in [7, 11) is 1.91. The molecule has 1 amide bonds. The second kappa shape index (κ2) is 7.58. The second-order valence-electron chi connectivity index (χ2n) is 7.67. The Balaban J connectivity index is 1.37. The number of hydrogen-bond donors (Lipinski definition) is 0. The first-order valence-corrected chi connectivity index (χ1v) is 9.56. The molecule has 5 heterocycles. The predicted molar refractivity (Wildman–Crippen MR) is 99.3 cm³/mol. The van der Waals surface area contributed by atoms with Crippen LogP contribution in [0.4, 0.5) is 0 Å². The third kappa shape index (κ3) is 3.96. The Kier molecular flexibility index (Phi) is 5.02. The second-order valence-corrected chi connectivity index (χ2v) is 7.67. The summed E-state index contributed by atoms with van der Waals surface area (Å²) in [6.45, 7) is 3.73. The van der Waals surface area contributed by atoms with Crippen LogP contribution in [-0.2, 0) is 24.8 Å². The van der Waals surface area contributed by atoms with Crippen molar-refractivity contribution in [1.82, 2.24) is 24.6 Å². The van der Waals surface area contributed by atoms with E-state index in [4.69, 9.17) is 0 Å². The van der Waals surface area contributed by atoms with Crippen molar-refractivity contribution in [3.8, 4) is 0 Å². The summed E-state index contributed by atoms with van der Waals surface area (Å²) in [5, 5.41) is 4.19. The number of pyridine rings is 1. The average molecular weight is 353 g/mol. The summed E-state index contributed by atoms with van der Waals surface area (Å²) < 4.78 is 1.79. The van der Waals surface area contributed by atoms with E-state index in [1.54, 1.807) is 4.68 Å². The minimum Gasteiger partial charge on any atom is -0.341 e. The Morgan fingerprint density at radius 1 is 1.23 bits per heavy atom. The fourth-order valence-corrected chi connectivity index (χ4v) is 4.29. The van der Waals surface area contributed by atoms with Gasteiger partial charge in [0.1, 0.15) is 0 Å². The van der Waals surface area contributed by atoms with E-state index < -0.39 is 0 Å². The molecule has 6 nitrogen and oxygen atoms in total. The molecule has 26 heavy (non-hydrogen) atoms. The lowest BCUT2D eigenvalue weighted by molar-refractivity contribution is -0.131. The van der Waals surface area contributed by atoms with Gasteiger partial charge >= 0.3 is 0 Å². The molecule has 5 rings (SSSR count). The molecule has 2 aromatic rings. The van der Waals surface area contributed by atoms with Gasteiger partial charge in [0.15, 0.2) is 0 Å². The van der Waals surface area contributed by atoms with Crippen LogP contribution in [0.25, 0.3) is 0 Å². The molecule has 2 bridgehead atoms. The summed E-state index contributed by atoms with van der Waals surface area (Å²) in [5.41, 5.74) is 2.25. The van der Waals surface area contributed by atoms with Crippen molar-refractivity contribution in [3.05, 3.63) is 48.0 Å². The third-order valence-electron chi connectivity index (χ3n) is 5.66. The highest BCUT2D eigenvalue weighted by Crippen LogP contribution is 2.29. The zero-order valence-corrected chi connectivity index (χ0v) is 15.4. The molecule has 2 aromatic heterocycles. The van der Waals surface area contributed by atoms with Gasteiger partial charge in [-0.3, -0.25) is 19.4 Å². The molecule has 138 valence electrons. The van der Waals surface area contributed by atoms with Gasteiger partial charge in [-0.15, -0.1) is 0 Å². The quantitative estimate of drug-likeness (QED) is 0.823. The normalized spacial score (nSPS) is 23.2. The minimum atomic E-state index is 0.283. The monoisotopic (exact) mass is 353 g/mol. The van der Waals surface area contributed by atoms with Crippen molar-refractivity contribution in [3.63, 3.8) is 0 Å². The van der Waals surface area contributed by atoms with Crippen LogP contribution in [-0.4, -0.2) is 56.1 Å². The maximum atomic E-state index is 12.8. The number of rotatable bonds is 5. The van der Waals surface area contributed by atoms with Gasteiger partial charge in [-0.25, -0.2) is 0 Å². The largest absolute Gasteiger partial charge is 0.341 e. The Bertz CT molecular complexity index is 744. The lowest BCUT2D eigenvalue weighted by Crippen LogP contribution is -2.44. The van der Waals surface area contributed by atoms with Crippen LogP contribution in [0.2, 0.25) is 0 Å². The van der Waals surface area contributed by atoms with Crippen molar-refractivity contribution in [2.24, 2.45) is 13.0 Å². The molecule has 6 heteroatoms. The molecular formula is C20H27N5O. The van der Waals surface area contributed by atoms with Crippen molar-refractivity contribution < 1.29 is 4.79 Å². The summed E-state index contributed by atoms with van der Waals surface area (Å²) in [6, 6.07) is 6.56. The van der Waals surface area contributed by atoms with Crippen molar-refractivity contribution in [2.75, 3.05) is 19.6 Å². The van der Waals surface area contributed by atoms with Crippen molar-refractivity contribution in [1.29, 1.82) is 0 Å². The van der Waals surface area contributed by atoms with E-state index in [1.165, 1.54) is 12.8 Å². The average Bonchev–Trinajstić information content (AvgIpc) is 2.87. The first-order valence-electron chi connectivity index (χ1n) is 9.56. The van der Waals surface area contributed by atoms with Gasteiger partial charge in [0.25, 0.3) is 0 Å². The molecule has 0 unspecified atom stereocenters. The van der Waals surface area contributed by atoms with E-state index in [-0.39, 0.29) is 5.91 Å². The molecule has 0 spiro atoms. The third-order valence-corrected chi connectivity index (χ3v) is 5.66. The van der Waals surface area contributed by atoms with E-state index in [0.717, 1.165) is 43.9 Å². The van der Waals surface area contributed by atoms with Crippen LogP contribution in [0.15, 0.2) is 36.8 Å². The molecule has 0 radical (unpaired) electrons. The highest BCUT2D eigenvalue weighted by molar-refractivity contribution is 5.76. The molecule has 3 aliphatic heterocycles. The fourth-order valence-electron chi connectivity index (χ4n) is 4.29. The predicted octanol–water partition coefficient (Wildman–Crippen LogP) is 1.87. The Hall–Kier alpha value is -2.21. The molecule has 0 saturated carbocycles. The first-order chi connectivity index (χ1) is 12.7. The van der Waals surface area contributed by atoms with Gasteiger partial charge < -0.3 is 4.90 Å². The van der Waals surface area contributed by atoms with Gasteiger partial charge in [0.2, 0.25) is 5.91 Å². The highest BCUT2D eigenvalue weighted by Gasteiger charge is 2.36. The lowest BCUT2D eigenvalue weighted by Gasteiger charge is -2.35. The summed E-state index contributed by atoms with van der Waals surface area (Å²) >= 11 is 0. The highest BCUT2D eigenvalue weighted by atomic mass is 16.2. The molecule has 3 aliphatic rings. The number of aromatic nitrogens is 3. The Morgan fingerprint density at radius 3 is 2.92 bits per heavy atom. The number of carbonyl (C=O) groups is 1. The number of fused-ring (bicyclic) bond motifs is 4. The number of carbonyl (C=O) groups excluding carboxylic acids is 1. The van der Waals surface area contributed by atoms with Gasteiger partial charge in [-0.05, 0) is 42.9 Å². The van der Waals surface area contributed by atoms with Crippen LogP contribution >= 0.6 is 0 Å². The molecule has 0 aliphatic carbocycles. The summed E-state index contributed by atoms with van der Waals surface area (Å²) in [4.78, 5) is 21.9. The molecule has 0 aromatic carbocycles. The SMILES string of the molecule is Cn1cc(CCC(=O)N2C[C@@H]3CC[C@H](C2)N(Cc2ccccn2)C3)cn1. The van der Waals surface area contributed by atoms with E-state index >= 15 is 0 Å². The Morgan fingerprint density at radius 2 is 2.15 bits per heavy atom. The number of nitrogens with zero attached hydrogens (tertiary/aromatic N) is 5. The Labute approximate surface area is 154 Å². The summed E-state index contributed by atoms with van der Waals surface area (Å²) in [6.07, 6.45) is 9.48. The topological polar surface area (TPSA) is 54.3 Å². The minimum absolute atomic E-state index is 0.283. The number of hydrogen-bond acceptors (Lipinski definition) is 4. The van der Waals surface area contributed by atoms with Gasteiger partial charge in [0.05, 0.1) is 11.9 Å². The maximum Gasteiger partial charge on any atom is 0.222 e. The van der Waals surface area contributed by atoms with E-state index in [1.807, 2.05) is 37.8 Å². The molecule has 3 fully saturated rings. The zero-order valence-electron chi connectivity index (χ0n) is 15.4. The number of amides is 1. The van der Waals surface area contributed by atoms with E-state index in [9.17, 15) is 4.79 Å². The fraction of sp³-hybridized carbons (Fsp3) is 0.550. The van der Waals surface area contributed by atoms with Crippen LogP contribution in [0.5, 0.6) is 0 Å². The van der Waals surface area contributed by atoms with Gasteiger partial charge in [-0.2, -0.15) is 5.10 Å². The van der Waals surface area contributed by atoms with Crippen molar-refractivity contribution >= 4 is 5.91 Å². The lowest BCUT2D eigenvalue weighted by atomic mass is 9.95. The zero-order chi connectivity index (χ0) is 17.9. The molecule has 0 N–H and O–H groups in total. The number of piperidine rings is 1. The van der Waals surface area contributed by atoms with Crippen molar-refractivity contribution in [2.45, 2.75) is 38.3 Å².